The molecule has 0 unspecified atom stereocenters. The van der Waals surface area contributed by atoms with Crippen LogP contribution in [-0.4, -0.2) is 45.7 Å². The van der Waals surface area contributed by atoms with Crippen LogP contribution in [0.3, 0.4) is 0 Å². The predicted octanol–water partition coefficient (Wildman–Crippen LogP) is -0.200. The molecule has 2 saturated heterocycles. The molecular weight excluding hydrogens is 202 g/mol. The van der Waals surface area contributed by atoms with Crippen molar-refractivity contribution in [2.24, 2.45) is 5.92 Å². The summed E-state index contributed by atoms with van der Waals surface area (Å²) in [5.41, 5.74) is 0. The molecule has 0 amide bonds. The van der Waals surface area contributed by atoms with Crippen molar-refractivity contribution < 1.29 is 13.2 Å². The first-order chi connectivity index (χ1) is 6.68. The summed E-state index contributed by atoms with van der Waals surface area (Å²) < 4.78 is 29.0. The topological polar surface area (TPSA) is 55.4 Å². The van der Waals surface area contributed by atoms with E-state index < -0.39 is 9.84 Å². The maximum Gasteiger partial charge on any atom is 0.153 e. The smallest absolute Gasteiger partial charge is 0.153 e. The van der Waals surface area contributed by atoms with Crippen LogP contribution in [0.5, 0.6) is 0 Å². The molecule has 0 aliphatic carbocycles. The molecule has 0 aromatic carbocycles. The Morgan fingerprint density at radius 1 is 1.21 bits per heavy atom. The summed E-state index contributed by atoms with van der Waals surface area (Å²) in [5, 5.41) is 2.96. The number of sulfone groups is 1. The molecule has 0 aromatic rings. The van der Waals surface area contributed by atoms with Gasteiger partial charge >= 0.3 is 0 Å². The molecule has 4 nitrogen and oxygen atoms in total. The van der Waals surface area contributed by atoms with Crippen molar-refractivity contribution in [3.05, 3.63) is 0 Å². The van der Waals surface area contributed by atoms with Crippen LogP contribution >= 0.6 is 0 Å². The van der Waals surface area contributed by atoms with Gasteiger partial charge < -0.3 is 10.1 Å². The molecule has 0 radical (unpaired) electrons. The Morgan fingerprint density at radius 2 is 1.86 bits per heavy atom. The number of ether oxygens (including phenoxy) is 1. The van der Waals surface area contributed by atoms with Crippen LogP contribution in [0, 0.1) is 5.92 Å². The summed E-state index contributed by atoms with van der Waals surface area (Å²) in [6.45, 7) is 2.94. The van der Waals surface area contributed by atoms with Gasteiger partial charge in [-0.25, -0.2) is 8.42 Å². The third-order valence-corrected chi connectivity index (χ3v) is 5.43. The molecule has 1 N–H and O–H groups in total. The zero-order valence-electron chi connectivity index (χ0n) is 8.24. The minimum Gasteiger partial charge on any atom is -0.381 e. The highest BCUT2D eigenvalue weighted by molar-refractivity contribution is 7.92. The fraction of sp³-hybridized carbons (Fsp3) is 1.00. The lowest BCUT2D eigenvalue weighted by Gasteiger charge is -2.29. The van der Waals surface area contributed by atoms with Crippen LogP contribution in [0.1, 0.15) is 12.8 Å². The Kier molecular flexibility index (Phi) is 3.09. The van der Waals surface area contributed by atoms with Crippen molar-refractivity contribution in [3.63, 3.8) is 0 Å². The van der Waals surface area contributed by atoms with Gasteiger partial charge in [-0.3, -0.25) is 0 Å². The van der Waals surface area contributed by atoms with E-state index in [1.165, 1.54) is 0 Å². The van der Waals surface area contributed by atoms with Crippen LogP contribution in [0.4, 0.5) is 0 Å². The minimum absolute atomic E-state index is 0.142. The molecule has 0 spiro atoms. The molecule has 0 saturated carbocycles. The fourth-order valence-corrected chi connectivity index (χ4v) is 4.04. The third kappa shape index (κ3) is 2.27. The second kappa shape index (κ2) is 4.16. The third-order valence-electron chi connectivity index (χ3n) is 3.01. The van der Waals surface area contributed by atoms with Crippen LogP contribution in [0.25, 0.3) is 0 Å². The first-order valence-electron chi connectivity index (χ1n) is 5.18. The standard InChI is InChI=1S/C9H17NO3S/c11-14(12,7-8-5-10-6-8)9-1-3-13-4-2-9/h8-10H,1-7H2. The highest BCUT2D eigenvalue weighted by Gasteiger charge is 2.31. The van der Waals surface area contributed by atoms with E-state index >= 15 is 0 Å². The SMILES string of the molecule is O=S(=O)(CC1CNC1)C1CCOCC1. The van der Waals surface area contributed by atoms with E-state index in [1.807, 2.05) is 0 Å². The first-order valence-corrected chi connectivity index (χ1v) is 6.90. The van der Waals surface area contributed by atoms with Gasteiger partial charge in [-0.05, 0) is 18.8 Å². The molecule has 14 heavy (non-hydrogen) atoms. The number of nitrogens with one attached hydrogen (secondary N) is 1. The van der Waals surface area contributed by atoms with E-state index in [4.69, 9.17) is 4.74 Å². The normalized spacial score (nSPS) is 26.0. The zero-order chi connectivity index (χ0) is 10.0. The van der Waals surface area contributed by atoms with Gasteiger partial charge in [-0.2, -0.15) is 0 Å². The van der Waals surface area contributed by atoms with Gasteiger partial charge in [-0.1, -0.05) is 0 Å². The summed E-state index contributed by atoms with van der Waals surface area (Å²) in [5.74, 6) is 0.716. The summed E-state index contributed by atoms with van der Waals surface area (Å²) >= 11 is 0. The van der Waals surface area contributed by atoms with Gasteiger partial charge in [-0.15, -0.1) is 0 Å². The van der Waals surface area contributed by atoms with Crippen molar-refractivity contribution in [3.8, 4) is 0 Å². The highest BCUT2D eigenvalue weighted by Crippen LogP contribution is 2.19. The number of hydrogen-bond acceptors (Lipinski definition) is 4. The van der Waals surface area contributed by atoms with Crippen LogP contribution < -0.4 is 5.32 Å². The number of rotatable bonds is 3. The molecule has 0 bridgehead atoms. The Hall–Kier alpha value is -0.130. The maximum atomic E-state index is 11.9. The molecule has 2 fully saturated rings. The first kappa shape index (κ1) is 10.4. The van der Waals surface area contributed by atoms with Crippen LogP contribution in [-0.2, 0) is 14.6 Å². The average Bonchev–Trinajstić information content (AvgIpc) is 2.13. The molecule has 5 heteroatoms. The lowest BCUT2D eigenvalue weighted by Crippen LogP contribution is -2.47. The Balaban J connectivity index is 1.91. The van der Waals surface area contributed by atoms with E-state index in [0.29, 0.717) is 37.7 Å². The largest absolute Gasteiger partial charge is 0.381 e. The van der Waals surface area contributed by atoms with Gasteiger partial charge in [0.15, 0.2) is 9.84 Å². The molecule has 0 atom stereocenters. The summed E-state index contributed by atoms with van der Waals surface area (Å²) in [6, 6.07) is 0. The van der Waals surface area contributed by atoms with Crippen molar-refractivity contribution in [1.82, 2.24) is 5.32 Å². The highest BCUT2D eigenvalue weighted by atomic mass is 32.2. The molecule has 2 aliphatic heterocycles. The molecule has 2 aliphatic rings. The van der Waals surface area contributed by atoms with Crippen LogP contribution in [0.15, 0.2) is 0 Å². The predicted molar refractivity (Wildman–Crippen MR) is 54.0 cm³/mol. The minimum atomic E-state index is -2.86. The fourth-order valence-electron chi connectivity index (χ4n) is 1.97. The Bertz CT molecular complexity index is 278. The maximum absolute atomic E-state index is 11.9. The Morgan fingerprint density at radius 3 is 2.36 bits per heavy atom. The van der Waals surface area contributed by atoms with E-state index in [9.17, 15) is 8.42 Å². The van der Waals surface area contributed by atoms with E-state index in [1.54, 1.807) is 0 Å². The lowest BCUT2D eigenvalue weighted by atomic mass is 10.1. The van der Waals surface area contributed by atoms with Crippen LogP contribution in [0.2, 0.25) is 0 Å². The van der Waals surface area contributed by atoms with Gasteiger partial charge in [0.2, 0.25) is 0 Å². The van der Waals surface area contributed by atoms with Gasteiger partial charge in [0, 0.05) is 26.3 Å². The summed E-state index contributed by atoms with van der Waals surface area (Å²) in [4.78, 5) is 0. The molecule has 82 valence electrons. The van der Waals surface area contributed by atoms with E-state index in [-0.39, 0.29) is 5.25 Å². The van der Waals surface area contributed by atoms with Crippen molar-refractivity contribution in [2.75, 3.05) is 32.1 Å². The molecule has 2 heterocycles. The van der Waals surface area contributed by atoms with Gasteiger partial charge in [0.05, 0.1) is 11.0 Å². The molecule has 0 aromatic heterocycles. The monoisotopic (exact) mass is 219 g/mol. The lowest BCUT2D eigenvalue weighted by molar-refractivity contribution is 0.0982. The van der Waals surface area contributed by atoms with Crippen molar-refractivity contribution in [2.45, 2.75) is 18.1 Å². The quantitative estimate of drug-likeness (QED) is 0.714. The second-order valence-corrected chi connectivity index (χ2v) is 6.49. The summed E-state index contributed by atoms with van der Waals surface area (Å²) in [6.07, 6.45) is 1.37. The Labute approximate surface area is 84.9 Å². The van der Waals surface area contributed by atoms with E-state index in [2.05, 4.69) is 5.32 Å². The average molecular weight is 219 g/mol. The van der Waals surface area contributed by atoms with E-state index in [0.717, 1.165) is 13.1 Å². The van der Waals surface area contributed by atoms with Gasteiger partial charge in [0.25, 0.3) is 0 Å². The molecule has 2 rings (SSSR count). The van der Waals surface area contributed by atoms with Gasteiger partial charge in [0.1, 0.15) is 0 Å². The summed E-state index contributed by atoms with van der Waals surface area (Å²) in [7, 11) is -2.86. The van der Waals surface area contributed by atoms with Crippen molar-refractivity contribution in [1.29, 1.82) is 0 Å². The number of hydrogen-bond donors (Lipinski definition) is 1. The second-order valence-electron chi connectivity index (χ2n) is 4.17. The zero-order valence-corrected chi connectivity index (χ0v) is 9.05. The molecular formula is C9H17NO3S. The van der Waals surface area contributed by atoms with Crippen molar-refractivity contribution >= 4 is 9.84 Å².